The van der Waals surface area contributed by atoms with Gasteiger partial charge in [-0.05, 0) is 26.2 Å². The van der Waals surface area contributed by atoms with Crippen molar-refractivity contribution >= 4 is 11.3 Å². The molecule has 1 aromatic rings. The van der Waals surface area contributed by atoms with E-state index in [1.165, 1.54) is 23.4 Å². The molecular formula is C13H22N2OS. The van der Waals surface area contributed by atoms with E-state index in [-0.39, 0.29) is 11.6 Å². The predicted molar refractivity (Wildman–Crippen MR) is 71.4 cm³/mol. The molecule has 1 aliphatic rings. The number of hydrogen-bond acceptors (Lipinski definition) is 4. The molecule has 4 heteroatoms. The summed E-state index contributed by atoms with van der Waals surface area (Å²) in [5.74, 6) is 0. The van der Waals surface area contributed by atoms with Gasteiger partial charge in [-0.2, -0.15) is 0 Å². The number of nitrogens with zero attached hydrogens (tertiary/aromatic N) is 1. The van der Waals surface area contributed by atoms with Crippen LogP contribution in [-0.4, -0.2) is 18.2 Å². The fourth-order valence-corrected chi connectivity index (χ4v) is 3.87. The molecule has 2 N–H and O–H groups in total. The summed E-state index contributed by atoms with van der Waals surface area (Å²) in [5.41, 5.74) is 7.42. The molecule has 0 aromatic carbocycles. The van der Waals surface area contributed by atoms with Crippen LogP contribution in [0.2, 0.25) is 0 Å². The molecule has 0 spiro atoms. The van der Waals surface area contributed by atoms with Gasteiger partial charge in [-0.1, -0.05) is 19.8 Å². The van der Waals surface area contributed by atoms with Crippen molar-refractivity contribution in [1.29, 1.82) is 0 Å². The van der Waals surface area contributed by atoms with Crippen molar-refractivity contribution in [3.05, 3.63) is 15.6 Å². The Morgan fingerprint density at radius 1 is 1.53 bits per heavy atom. The summed E-state index contributed by atoms with van der Waals surface area (Å²) < 4.78 is 5.59. The molecule has 2 rings (SSSR count). The zero-order valence-electron chi connectivity index (χ0n) is 11.0. The highest BCUT2D eigenvalue weighted by atomic mass is 32.1. The molecule has 1 saturated carbocycles. The van der Waals surface area contributed by atoms with E-state index in [1.807, 2.05) is 0 Å². The Bertz CT molecular complexity index is 391. The van der Waals surface area contributed by atoms with E-state index in [1.54, 1.807) is 18.4 Å². The van der Waals surface area contributed by atoms with Gasteiger partial charge in [0.05, 0.1) is 17.3 Å². The third-order valence-electron chi connectivity index (χ3n) is 3.79. The lowest BCUT2D eigenvalue weighted by Crippen LogP contribution is -2.50. The average molecular weight is 254 g/mol. The third kappa shape index (κ3) is 2.26. The summed E-state index contributed by atoms with van der Waals surface area (Å²) in [5, 5.41) is 1.07. The monoisotopic (exact) mass is 254 g/mol. The van der Waals surface area contributed by atoms with Crippen LogP contribution in [0.25, 0.3) is 0 Å². The maximum Gasteiger partial charge on any atom is 0.116 e. The quantitative estimate of drug-likeness (QED) is 0.902. The Morgan fingerprint density at radius 2 is 2.29 bits per heavy atom. The van der Waals surface area contributed by atoms with Gasteiger partial charge in [-0.3, -0.25) is 0 Å². The number of nitrogens with two attached hydrogens (primary N) is 1. The molecule has 1 heterocycles. The van der Waals surface area contributed by atoms with Crippen LogP contribution in [0, 0.1) is 6.92 Å². The van der Waals surface area contributed by atoms with Gasteiger partial charge in [-0.25, -0.2) is 4.98 Å². The maximum atomic E-state index is 6.59. The van der Waals surface area contributed by atoms with Crippen LogP contribution >= 0.6 is 11.3 Å². The summed E-state index contributed by atoms with van der Waals surface area (Å²) >= 11 is 1.75. The van der Waals surface area contributed by atoms with Crippen molar-refractivity contribution in [3.63, 3.8) is 0 Å². The third-order valence-corrected chi connectivity index (χ3v) is 5.00. The van der Waals surface area contributed by atoms with E-state index in [2.05, 4.69) is 13.8 Å². The fourth-order valence-electron chi connectivity index (χ4n) is 2.69. The van der Waals surface area contributed by atoms with E-state index >= 15 is 0 Å². The van der Waals surface area contributed by atoms with Crippen LogP contribution in [0.15, 0.2) is 0 Å². The van der Waals surface area contributed by atoms with Gasteiger partial charge in [0, 0.05) is 12.0 Å². The van der Waals surface area contributed by atoms with Gasteiger partial charge < -0.3 is 10.5 Å². The largest absolute Gasteiger partial charge is 0.379 e. The summed E-state index contributed by atoms with van der Waals surface area (Å²) in [6, 6.07) is 0. The second kappa shape index (κ2) is 5.04. The number of aromatic nitrogens is 1. The summed E-state index contributed by atoms with van der Waals surface area (Å²) in [7, 11) is 1.76. The zero-order chi connectivity index (χ0) is 12.5. The second-order valence-electron chi connectivity index (χ2n) is 4.89. The number of ether oxygens (including phenoxy) is 1. The number of aryl methyl sites for hydroxylation is 2. The van der Waals surface area contributed by atoms with Gasteiger partial charge in [0.15, 0.2) is 0 Å². The second-order valence-corrected chi connectivity index (χ2v) is 6.09. The van der Waals surface area contributed by atoms with E-state index < -0.39 is 0 Å². The molecule has 1 aromatic heterocycles. The predicted octanol–water partition coefficient (Wildman–Crippen LogP) is 2.76. The molecular weight excluding hydrogens is 232 g/mol. The molecule has 2 atom stereocenters. The minimum Gasteiger partial charge on any atom is -0.379 e. The van der Waals surface area contributed by atoms with Crippen LogP contribution in [-0.2, 0) is 16.7 Å². The van der Waals surface area contributed by atoms with Crippen LogP contribution in [0.3, 0.4) is 0 Å². The Hall–Kier alpha value is -0.450. The van der Waals surface area contributed by atoms with Gasteiger partial charge in [0.2, 0.25) is 0 Å². The molecule has 96 valence electrons. The first-order chi connectivity index (χ1) is 8.11. The Labute approximate surface area is 107 Å². The van der Waals surface area contributed by atoms with Gasteiger partial charge in [-0.15, -0.1) is 11.3 Å². The highest BCUT2D eigenvalue weighted by molar-refractivity contribution is 7.11. The van der Waals surface area contributed by atoms with Gasteiger partial charge in [0.1, 0.15) is 5.01 Å². The topological polar surface area (TPSA) is 48.1 Å². The van der Waals surface area contributed by atoms with Crippen molar-refractivity contribution in [2.75, 3.05) is 7.11 Å². The van der Waals surface area contributed by atoms with Crippen molar-refractivity contribution in [3.8, 4) is 0 Å². The molecule has 0 saturated heterocycles. The molecule has 0 radical (unpaired) electrons. The average Bonchev–Trinajstić information content (AvgIpc) is 2.72. The van der Waals surface area contributed by atoms with Crippen molar-refractivity contribution in [2.45, 2.75) is 57.6 Å². The number of hydrogen-bond donors (Lipinski definition) is 1. The molecule has 3 nitrogen and oxygen atoms in total. The molecule has 0 bridgehead atoms. The lowest BCUT2D eigenvalue weighted by molar-refractivity contribution is 0.00363. The Balaban J connectivity index is 2.34. The standard InChI is InChI=1S/C13H22N2OS/c1-4-10-9(2)17-12(15-10)13(14)8-6-5-7-11(13)16-3/h11H,4-8,14H2,1-3H3. The maximum absolute atomic E-state index is 6.59. The number of methoxy groups -OCH3 is 1. The fraction of sp³-hybridized carbons (Fsp3) is 0.769. The lowest BCUT2D eigenvalue weighted by atomic mass is 9.80. The van der Waals surface area contributed by atoms with E-state index in [0.29, 0.717) is 0 Å². The SMILES string of the molecule is CCc1nc(C2(N)CCCCC2OC)sc1C. The molecule has 1 fully saturated rings. The number of rotatable bonds is 3. The minimum atomic E-state index is -0.365. The summed E-state index contributed by atoms with van der Waals surface area (Å²) in [6.45, 7) is 4.28. The van der Waals surface area contributed by atoms with Gasteiger partial charge >= 0.3 is 0 Å². The highest BCUT2D eigenvalue weighted by Gasteiger charge is 2.41. The van der Waals surface area contributed by atoms with Crippen LogP contribution in [0.4, 0.5) is 0 Å². The summed E-state index contributed by atoms with van der Waals surface area (Å²) in [6.07, 6.45) is 5.52. The van der Waals surface area contributed by atoms with Gasteiger partial charge in [0.25, 0.3) is 0 Å². The number of thiazole rings is 1. The van der Waals surface area contributed by atoms with Crippen molar-refractivity contribution in [1.82, 2.24) is 4.98 Å². The van der Waals surface area contributed by atoms with Crippen molar-refractivity contribution in [2.24, 2.45) is 5.73 Å². The highest BCUT2D eigenvalue weighted by Crippen LogP contribution is 2.39. The minimum absolute atomic E-state index is 0.117. The zero-order valence-corrected chi connectivity index (χ0v) is 11.8. The Kier molecular flexibility index (Phi) is 3.85. The van der Waals surface area contributed by atoms with Crippen LogP contribution < -0.4 is 5.73 Å². The molecule has 1 aliphatic carbocycles. The van der Waals surface area contributed by atoms with E-state index in [9.17, 15) is 0 Å². The van der Waals surface area contributed by atoms with Crippen molar-refractivity contribution < 1.29 is 4.74 Å². The Morgan fingerprint density at radius 3 is 2.88 bits per heavy atom. The first-order valence-electron chi connectivity index (χ1n) is 6.40. The molecule has 2 unspecified atom stereocenters. The lowest BCUT2D eigenvalue weighted by Gasteiger charge is -2.38. The molecule has 17 heavy (non-hydrogen) atoms. The molecule has 0 amide bonds. The van der Waals surface area contributed by atoms with Crippen LogP contribution in [0.1, 0.15) is 48.2 Å². The molecule has 0 aliphatic heterocycles. The first-order valence-corrected chi connectivity index (χ1v) is 7.22. The van der Waals surface area contributed by atoms with E-state index in [0.717, 1.165) is 24.3 Å². The normalized spacial score (nSPS) is 29.5. The van der Waals surface area contributed by atoms with E-state index in [4.69, 9.17) is 15.5 Å². The first kappa shape index (κ1) is 13.0. The van der Waals surface area contributed by atoms with Crippen LogP contribution in [0.5, 0.6) is 0 Å². The summed E-state index contributed by atoms with van der Waals surface area (Å²) in [4.78, 5) is 6.03. The smallest absolute Gasteiger partial charge is 0.116 e.